The van der Waals surface area contributed by atoms with Gasteiger partial charge in [-0.2, -0.15) is 0 Å². The fraction of sp³-hybridized carbons (Fsp3) is 0.571. The normalized spacial score (nSPS) is 16.0. The van der Waals surface area contributed by atoms with E-state index in [1.54, 1.807) is 19.2 Å². The Hall–Kier alpha value is -1.11. The summed E-state index contributed by atoms with van der Waals surface area (Å²) in [7, 11) is -1.95. The average Bonchev–Trinajstić information content (AvgIpc) is 2.85. The van der Waals surface area contributed by atoms with E-state index in [0.717, 1.165) is 18.7 Å². The summed E-state index contributed by atoms with van der Waals surface area (Å²) in [6.45, 7) is 5.16. The van der Waals surface area contributed by atoms with Gasteiger partial charge in [-0.25, -0.2) is 13.1 Å². The highest BCUT2D eigenvalue weighted by molar-refractivity contribution is 7.89. The largest absolute Gasteiger partial charge is 0.384 e. The third kappa shape index (κ3) is 3.31. The van der Waals surface area contributed by atoms with Crippen LogP contribution in [0.4, 0.5) is 5.69 Å². The van der Waals surface area contributed by atoms with Gasteiger partial charge in [0.1, 0.15) is 0 Å². The van der Waals surface area contributed by atoms with Gasteiger partial charge in [0.05, 0.1) is 11.5 Å². The number of anilines is 1. The maximum atomic E-state index is 12.4. The highest BCUT2D eigenvalue weighted by Gasteiger charge is 2.23. The molecular formula is C14H22N2O3S. The number of ether oxygens (including phenoxy) is 1. The first kappa shape index (κ1) is 15.3. The lowest BCUT2D eigenvalue weighted by Gasteiger charge is -2.21. The van der Waals surface area contributed by atoms with E-state index in [4.69, 9.17) is 4.74 Å². The van der Waals surface area contributed by atoms with Crippen molar-refractivity contribution in [1.82, 2.24) is 4.72 Å². The minimum absolute atomic E-state index is 0.164. The number of methoxy groups -OCH3 is 1. The molecule has 0 spiro atoms. The molecule has 20 heavy (non-hydrogen) atoms. The minimum Gasteiger partial charge on any atom is -0.384 e. The number of sulfonamides is 1. The summed E-state index contributed by atoms with van der Waals surface area (Å²) >= 11 is 0. The molecule has 0 saturated heterocycles. The Bertz CT molecular complexity index is 570. The summed E-state index contributed by atoms with van der Waals surface area (Å²) in [5, 5.41) is 3.20. The topological polar surface area (TPSA) is 67.4 Å². The van der Waals surface area contributed by atoms with Gasteiger partial charge in [-0.3, -0.25) is 0 Å². The summed E-state index contributed by atoms with van der Waals surface area (Å²) in [4.78, 5) is 0.299. The molecule has 1 aromatic rings. The second kappa shape index (κ2) is 6.11. The van der Waals surface area contributed by atoms with Crippen LogP contribution in [0.2, 0.25) is 0 Å². The van der Waals surface area contributed by atoms with Crippen LogP contribution in [-0.4, -0.2) is 34.7 Å². The van der Waals surface area contributed by atoms with Crippen LogP contribution in [0, 0.1) is 5.92 Å². The van der Waals surface area contributed by atoms with Gasteiger partial charge in [0.15, 0.2) is 0 Å². The van der Waals surface area contributed by atoms with Crippen LogP contribution in [0.3, 0.4) is 0 Å². The molecule has 1 atom stereocenters. The minimum atomic E-state index is -3.52. The van der Waals surface area contributed by atoms with Gasteiger partial charge < -0.3 is 10.1 Å². The van der Waals surface area contributed by atoms with Crippen LogP contribution in [0.1, 0.15) is 19.4 Å². The zero-order chi connectivity index (χ0) is 14.8. The van der Waals surface area contributed by atoms with Crippen LogP contribution in [0.25, 0.3) is 0 Å². The smallest absolute Gasteiger partial charge is 0.240 e. The summed E-state index contributed by atoms with van der Waals surface area (Å²) in [6.07, 6.45) is 0.946. The molecule has 2 rings (SSSR count). The van der Waals surface area contributed by atoms with Gasteiger partial charge in [-0.15, -0.1) is 0 Å². The predicted octanol–water partition coefficient (Wildman–Crippen LogP) is 1.60. The lowest BCUT2D eigenvalue weighted by molar-refractivity contribution is 0.157. The SMILES string of the molecule is COCC(NS(=O)(=O)c1ccc2c(c1)NCC2)C(C)C. The molecule has 1 heterocycles. The highest BCUT2D eigenvalue weighted by atomic mass is 32.2. The van der Waals surface area contributed by atoms with E-state index in [-0.39, 0.29) is 12.0 Å². The van der Waals surface area contributed by atoms with Crippen molar-refractivity contribution < 1.29 is 13.2 Å². The molecule has 0 aliphatic carbocycles. The summed E-state index contributed by atoms with van der Waals surface area (Å²) in [5.74, 6) is 0.164. The van der Waals surface area contributed by atoms with Gasteiger partial charge in [-0.05, 0) is 30.0 Å². The monoisotopic (exact) mass is 298 g/mol. The standard InChI is InChI=1S/C14H22N2O3S/c1-10(2)14(9-19-3)16-20(17,18)12-5-4-11-6-7-15-13(11)8-12/h4-5,8,10,14-16H,6-7,9H2,1-3H3. The number of hydrogen-bond donors (Lipinski definition) is 2. The quantitative estimate of drug-likeness (QED) is 0.837. The number of fused-ring (bicyclic) bond motifs is 1. The van der Waals surface area contributed by atoms with E-state index in [9.17, 15) is 8.42 Å². The molecule has 2 N–H and O–H groups in total. The van der Waals surface area contributed by atoms with Crippen LogP contribution in [-0.2, 0) is 21.2 Å². The molecule has 0 aromatic heterocycles. The van der Waals surface area contributed by atoms with Gasteiger partial charge in [-0.1, -0.05) is 19.9 Å². The fourth-order valence-electron chi connectivity index (χ4n) is 2.25. The van der Waals surface area contributed by atoms with Crippen molar-refractivity contribution in [3.8, 4) is 0 Å². The first-order chi connectivity index (χ1) is 9.44. The molecule has 6 heteroatoms. The van der Waals surface area contributed by atoms with E-state index in [2.05, 4.69) is 10.0 Å². The molecule has 1 unspecified atom stereocenters. The maximum Gasteiger partial charge on any atom is 0.240 e. The number of hydrogen-bond acceptors (Lipinski definition) is 4. The number of nitrogens with one attached hydrogen (secondary N) is 2. The molecule has 0 bridgehead atoms. The van der Waals surface area contributed by atoms with E-state index >= 15 is 0 Å². The van der Waals surface area contributed by atoms with Crippen LogP contribution in [0.5, 0.6) is 0 Å². The van der Waals surface area contributed by atoms with Crippen LogP contribution >= 0.6 is 0 Å². The van der Waals surface area contributed by atoms with Crippen molar-refractivity contribution in [2.45, 2.75) is 31.2 Å². The van der Waals surface area contributed by atoms with E-state index < -0.39 is 10.0 Å². The lowest BCUT2D eigenvalue weighted by Crippen LogP contribution is -2.41. The Morgan fingerprint density at radius 1 is 1.40 bits per heavy atom. The molecule has 0 saturated carbocycles. The van der Waals surface area contributed by atoms with Gasteiger partial charge >= 0.3 is 0 Å². The van der Waals surface area contributed by atoms with Crippen LogP contribution < -0.4 is 10.0 Å². The average molecular weight is 298 g/mol. The molecule has 1 aromatic carbocycles. The maximum absolute atomic E-state index is 12.4. The zero-order valence-electron chi connectivity index (χ0n) is 12.1. The molecular weight excluding hydrogens is 276 g/mol. The Labute approximate surface area is 120 Å². The van der Waals surface area contributed by atoms with E-state index in [1.165, 1.54) is 5.56 Å². The lowest BCUT2D eigenvalue weighted by atomic mass is 10.1. The Morgan fingerprint density at radius 3 is 2.80 bits per heavy atom. The molecule has 5 nitrogen and oxygen atoms in total. The van der Waals surface area contributed by atoms with E-state index in [1.807, 2.05) is 19.9 Å². The first-order valence-corrected chi connectivity index (χ1v) is 8.30. The number of rotatable bonds is 6. The Kier molecular flexibility index (Phi) is 4.67. The van der Waals surface area contributed by atoms with Crippen molar-refractivity contribution in [3.63, 3.8) is 0 Å². The van der Waals surface area contributed by atoms with Gasteiger partial charge in [0.25, 0.3) is 0 Å². The second-order valence-electron chi connectivity index (χ2n) is 5.42. The number of benzene rings is 1. The van der Waals surface area contributed by atoms with Crippen molar-refractivity contribution >= 4 is 15.7 Å². The third-order valence-electron chi connectivity index (χ3n) is 3.56. The zero-order valence-corrected chi connectivity index (χ0v) is 13.0. The van der Waals surface area contributed by atoms with Crippen LogP contribution in [0.15, 0.2) is 23.1 Å². The molecule has 0 radical (unpaired) electrons. The molecule has 0 amide bonds. The second-order valence-corrected chi connectivity index (χ2v) is 7.14. The van der Waals surface area contributed by atoms with Gasteiger partial charge in [0, 0.05) is 25.4 Å². The third-order valence-corrected chi connectivity index (χ3v) is 5.05. The Balaban J connectivity index is 2.21. The fourth-order valence-corrected chi connectivity index (χ4v) is 3.64. The Morgan fingerprint density at radius 2 is 2.15 bits per heavy atom. The van der Waals surface area contributed by atoms with Gasteiger partial charge in [0.2, 0.25) is 10.0 Å². The van der Waals surface area contributed by atoms with Crippen molar-refractivity contribution in [2.75, 3.05) is 25.6 Å². The van der Waals surface area contributed by atoms with E-state index in [0.29, 0.717) is 11.5 Å². The molecule has 112 valence electrons. The highest BCUT2D eigenvalue weighted by Crippen LogP contribution is 2.25. The summed E-state index contributed by atoms with van der Waals surface area (Å²) < 4.78 is 32.7. The molecule has 1 aliphatic heterocycles. The summed E-state index contributed by atoms with van der Waals surface area (Å²) in [5.41, 5.74) is 2.09. The first-order valence-electron chi connectivity index (χ1n) is 6.82. The van der Waals surface area contributed by atoms with Crippen molar-refractivity contribution in [3.05, 3.63) is 23.8 Å². The predicted molar refractivity (Wildman–Crippen MR) is 79.5 cm³/mol. The molecule has 0 fully saturated rings. The molecule has 1 aliphatic rings. The van der Waals surface area contributed by atoms with Crippen molar-refractivity contribution in [2.24, 2.45) is 5.92 Å². The summed E-state index contributed by atoms with van der Waals surface area (Å²) in [6, 6.07) is 5.02. The van der Waals surface area contributed by atoms with Crippen molar-refractivity contribution in [1.29, 1.82) is 0 Å².